The zero-order valence-corrected chi connectivity index (χ0v) is 32.5. The number of nitrogens with one attached hydrogen (secondary N) is 2. The molecule has 3 heterocycles. The van der Waals surface area contributed by atoms with Crippen molar-refractivity contribution >= 4 is 63.5 Å². The lowest BCUT2D eigenvalue weighted by Crippen LogP contribution is -2.34. The Balaban J connectivity index is 1.53. The first-order valence-electron chi connectivity index (χ1n) is 17.4. The van der Waals surface area contributed by atoms with Gasteiger partial charge in [0.05, 0.1) is 35.9 Å². The maximum absolute atomic E-state index is 14.5. The van der Waals surface area contributed by atoms with E-state index in [0.29, 0.717) is 29.7 Å². The number of carbonyl (C=O) groups excluding carboxylic acids is 3. The van der Waals surface area contributed by atoms with Crippen molar-refractivity contribution in [3.05, 3.63) is 93.4 Å². The van der Waals surface area contributed by atoms with Crippen molar-refractivity contribution in [3.8, 4) is 22.6 Å². The number of anilines is 2. The van der Waals surface area contributed by atoms with Crippen LogP contribution in [0.2, 0.25) is 10.0 Å². The molecule has 0 radical (unpaired) electrons. The minimum atomic E-state index is -0.658. The quantitative estimate of drug-likeness (QED) is 0.137. The van der Waals surface area contributed by atoms with Crippen LogP contribution >= 0.6 is 23.2 Å². The summed E-state index contributed by atoms with van der Waals surface area (Å²) in [6, 6.07) is 10.0. The van der Waals surface area contributed by atoms with Crippen LogP contribution in [0.15, 0.2) is 72.2 Å². The van der Waals surface area contributed by atoms with Gasteiger partial charge in [-0.1, -0.05) is 48.0 Å². The number of amides is 2. The summed E-state index contributed by atoms with van der Waals surface area (Å²) in [5.74, 6) is -0.506. The number of allylic oxidation sites excluding steroid dienone is 1. The smallest absolute Gasteiger partial charge is 0.260 e. The van der Waals surface area contributed by atoms with Gasteiger partial charge in [-0.3, -0.25) is 23.7 Å². The normalized spacial score (nSPS) is 15.5. The van der Waals surface area contributed by atoms with Gasteiger partial charge in [-0.25, -0.2) is 4.98 Å². The highest BCUT2D eigenvalue weighted by molar-refractivity contribution is 6.41. The van der Waals surface area contributed by atoms with E-state index in [1.165, 1.54) is 41.9 Å². The van der Waals surface area contributed by atoms with Gasteiger partial charge in [-0.2, -0.15) is 4.98 Å². The highest BCUT2D eigenvalue weighted by Crippen LogP contribution is 2.45. The molecule has 0 spiro atoms. The van der Waals surface area contributed by atoms with E-state index in [1.54, 1.807) is 30.5 Å². The van der Waals surface area contributed by atoms with Crippen LogP contribution in [0.5, 0.6) is 11.5 Å². The standard InChI is InChI=1S/C39H43Cl2N7O7/c1-6-27(50)16-25-20-47(33(52)22-49)21-29(25)44-39-42-19-24-17-28(34-35(40)30(54-4)18-31(55-5)36(34)41)38(53)48(37(24)45-39)15-13-23-9-11-26(12-10-23)43-32(51)8-7-14-46(2)3/h6-12,17-19,25,29,49H,1,13-16,20-22H2,2-5H3,(H,43,51)(H,42,44,45)/b8-7+. The Kier molecular flexibility index (Phi) is 13.7. The van der Waals surface area contributed by atoms with Crippen molar-refractivity contribution in [3.63, 3.8) is 0 Å². The van der Waals surface area contributed by atoms with E-state index in [9.17, 15) is 24.3 Å². The Morgan fingerprint density at radius 2 is 1.76 bits per heavy atom. The van der Waals surface area contributed by atoms with Crippen molar-refractivity contribution in [1.29, 1.82) is 0 Å². The number of likely N-dealkylation sites (tertiary alicyclic amines) is 1. The third kappa shape index (κ3) is 9.70. The van der Waals surface area contributed by atoms with Gasteiger partial charge in [0.25, 0.3) is 5.56 Å². The molecule has 0 bridgehead atoms. The molecule has 1 aliphatic rings. The molecule has 16 heteroatoms. The second-order valence-corrected chi connectivity index (χ2v) is 14.0. The second kappa shape index (κ2) is 18.4. The average Bonchev–Trinajstić information content (AvgIpc) is 3.56. The predicted molar refractivity (Wildman–Crippen MR) is 213 cm³/mol. The topological polar surface area (TPSA) is 168 Å². The molecule has 0 saturated carbocycles. The molecule has 2 aromatic heterocycles. The van der Waals surface area contributed by atoms with Crippen LogP contribution in [0.3, 0.4) is 0 Å². The molecule has 1 saturated heterocycles. The number of hydrogen-bond acceptors (Lipinski definition) is 11. The Morgan fingerprint density at radius 1 is 1.07 bits per heavy atom. The molecular formula is C39H43Cl2N7O7. The number of methoxy groups -OCH3 is 2. The van der Waals surface area contributed by atoms with Gasteiger partial charge in [0, 0.05) is 73.5 Å². The molecule has 2 aromatic carbocycles. The first-order chi connectivity index (χ1) is 26.4. The number of aryl methyl sites for hydroxylation is 2. The van der Waals surface area contributed by atoms with Crippen LogP contribution in [-0.2, 0) is 27.3 Å². The Morgan fingerprint density at radius 3 is 2.38 bits per heavy atom. The third-order valence-electron chi connectivity index (χ3n) is 9.19. The summed E-state index contributed by atoms with van der Waals surface area (Å²) < 4.78 is 12.4. The molecule has 2 unspecified atom stereocenters. The molecule has 4 aromatic rings. The van der Waals surface area contributed by atoms with Gasteiger partial charge in [0.15, 0.2) is 5.78 Å². The maximum atomic E-state index is 14.5. The molecule has 3 N–H and O–H groups in total. The van der Waals surface area contributed by atoms with Crippen LogP contribution in [0.4, 0.5) is 11.6 Å². The lowest BCUT2D eigenvalue weighted by Gasteiger charge is -2.20. The van der Waals surface area contributed by atoms with E-state index in [1.807, 2.05) is 31.1 Å². The summed E-state index contributed by atoms with van der Waals surface area (Å²) in [4.78, 5) is 64.3. The number of halogens is 2. The average molecular weight is 793 g/mol. The fourth-order valence-electron chi connectivity index (χ4n) is 6.34. The fourth-order valence-corrected chi connectivity index (χ4v) is 7.04. The largest absolute Gasteiger partial charge is 0.495 e. The molecular weight excluding hydrogens is 749 g/mol. The fraction of sp³-hybridized carbons (Fsp3) is 0.333. The second-order valence-electron chi connectivity index (χ2n) is 13.2. The molecule has 14 nitrogen and oxygen atoms in total. The molecule has 1 fully saturated rings. The number of aromatic nitrogens is 3. The molecule has 5 rings (SSSR count). The van der Waals surface area contributed by atoms with Crippen molar-refractivity contribution in [2.24, 2.45) is 5.92 Å². The number of fused-ring (bicyclic) bond motifs is 1. The van der Waals surface area contributed by atoms with E-state index in [0.717, 1.165) is 5.56 Å². The summed E-state index contributed by atoms with van der Waals surface area (Å²) in [5.41, 5.74) is 1.75. The number of benzene rings is 2. The number of aliphatic hydroxyl groups excluding tert-OH is 1. The zero-order valence-electron chi connectivity index (χ0n) is 31.0. The monoisotopic (exact) mass is 791 g/mol. The number of ether oxygens (including phenoxy) is 2. The summed E-state index contributed by atoms with van der Waals surface area (Å²) in [6.45, 7) is 4.17. The number of rotatable bonds is 16. The van der Waals surface area contributed by atoms with Gasteiger partial charge in [-0.05, 0) is 50.4 Å². The third-order valence-corrected chi connectivity index (χ3v) is 9.94. The highest BCUT2D eigenvalue weighted by atomic mass is 35.5. The number of ketones is 1. The van der Waals surface area contributed by atoms with Crippen LogP contribution in [0.1, 0.15) is 12.0 Å². The minimum absolute atomic E-state index is 0.119. The molecule has 0 aliphatic carbocycles. The van der Waals surface area contributed by atoms with Crippen LogP contribution in [0, 0.1) is 5.92 Å². The molecule has 2 amide bonds. The van der Waals surface area contributed by atoms with Crippen LogP contribution in [0.25, 0.3) is 22.2 Å². The number of likely N-dealkylation sites (N-methyl/N-ethyl adjacent to an activating group) is 1. The van der Waals surface area contributed by atoms with E-state index in [2.05, 4.69) is 22.2 Å². The van der Waals surface area contributed by atoms with Crippen LogP contribution < -0.4 is 25.7 Å². The van der Waals surface area contributed by atoms with Gasteiger partial charge in [-0.15, -0.1) is 0 Å². The number of hydrogen-bond donors (Lipinski definition) is 3. The number of carbonyl (C=O) groups is 3. The van der Waals surface area contributed by atoms with E-state index in [-0.39, 0.29) is 82.3 Å². The number of aliphatic hydroxyl groups is 1. The SMILES string of the molecule is C=CC(=O)CC1CN(C(=O)CO)CC1Nc1ncc2cc(-c3c(Cl)c(OC)cc(OC)c3Cl)c(=O)n(CCc3ccc(NC(=O)/C=C/CN(C)C)cc3)c2n1. The molecule has 290 valence electrons. The molecule has 55 heavy (non-hydrogen) atoms. The first-order valence-corrected chi connectivity index (χ1v) is 18.1. The van der Waals surface area contributed by atoms with Gasteiger partial charge in [0.2, 0.25) is 17.8 Å². The molecule has 2 atom stereocenters. The van der Waals surface area contributed by atoms with Gasteiger partial charge < -0.3 is 35.0 Å². The van der Waals surface area contributed by atoms with Crippen LogP contribution in [-0.4, -0.2) is 108 Å². The van der Waals surface area contributed by atoms with E-state index < -0.39 is 24.1 Å². The summed E-state index contributed by atoms with van der Waals surface area (Å²) in [6.07, 6.45) is 6.58. The van der Waals surface area contributed by atoms with Crippen molar-refractivity contribution in [1.82, 2.24) is 24.3 Å². The first kappa shape index (κ1) is 40.9. The summed E-state index contributed by atoms with van der Waals surface area (Å²) >= 11 is 13.6. The Bertz CT molecular complexity index is 2140. The van der Waals surface area contributed by atoms with Gasteiger partial charge >= 0.3 is 0 Å². The van der Waals surface area contributed by atoms with E-state index >= 15 is 0 Å². The van der Waals surface area contributed by atoms with Gasteiger partial charge in [0.1, 0.15) is 23.8 Å². The van der Waals surface area contributed by atoms with E-state index in [4.69, 9.17) is 37.7 Å². The summed E-state index contributed by atoms with van der Waals surface area (Å²) in [7, 11) is 6.71. The number of nitrogens with zero attached hydrogens (tertiary/aromatic N) is 5. The molecule has 1 aliphatic heterocycles. The van der Waals surface area contributed by atoms with Crippen molar-refractivity contribution in [2.45, 2.75) is 25.4 Å². The van der Waals surface area contributed by atoms with Crippen molar-refractivity contribution in [2.75, 3.05) is 65.2 Å². The number of pyridine rings is 1. The lowest BCUT2D eigenvalue weighted by molar-refractivity contribution is -0.133. The lowest BCUT2D eigenvalue weighted by atomic mass is 9.97. The Labute approximate surface area is 328 Å². The highest BCUT2D eigenvalue weighted by Gasteiger charge is 2.36. The maximum Gasteiger partial charge on any atom is 0.260 e. The predicted octanol–water partition coefficient (Wildman–Crippen LogP) is 4.46. The Hall–Kier alpha value is -5.28. The zero-order chi connectivity index (χ0) is 39.8. The van der Waals surface area contributed by atoms with Crippen molar-refractivity contribution < 1.29 is 29.0 Å². The minimum Gasteiger partial charge on any atom is -0.495 e. The summed E-state index contributed by atoms with van der Waals surface area (Å²) in [5, 5.41) is 16.3.